The number of nitro groups is 1. The Hall–Kier alpha value is -2.95. The second-order valence-electron chi connectivity index (χ2n) is 4.35. The molecule has 2 aromatic rings. The number of non-ortho nitro benzene ring substituents is 1. The molecule has 0 radical (unpaired) electrons. The van der Waals surface area contributed by atoms with Crippen LogP contribution >= 0.6 is 0 Å². The van der Waals surface area contributed by atoms with Crippen LogP contribution in [-0.2, 0) is 0 Å². The lowest BCUT2D eigenvalue weighted by atomic mass is 10.2. The number of allylic oxidation sites excluding steroid dienone is 1. The van der Waals surface area contributed by atoms with Gasteiger partial charge in [0.15, 0.2) is 0 Å². The predicted octanol–water partition coefficient (Wildman–Crippen LogP) is 4.08. The quantitative estimate of drug-likeness (QED) is 0.521. The van der Waals surface area contributed by atoms with Gasteiger partial charge < -0.3 is 5.11 Å². The summed E-state index contributed by atoms with van der Waals surface area (Å²) >= 11 is 0. The third-order valence-electron chi connectivity index (χ3n) is 2.83. The lowest BCUT2D eigenvalue weighted by Gasteiger charge is -1.99. The Morgan fingerprint density at radius 2 is 1.90 bits per heavy atom. The van der Waals surface area contributed by atoms with Crippen LogP contribution in [0.2, 0.25) is 0 Å². The molecule has 2 rings (SSSR count). The van der Waals surface area contributed by atoms with Crippen molar-refractivity contribution in [2.75, 3.05) is 0 Å². The average molecular weight is 282 g/mol. The monoisotopic (exact) mass is 282 g/mol. The third-order valence-corrected chi connectivity index (χ3v) is 2.83. The summed E-state index contributed by atoms with van der Waals surface area (Å²) in [5, 5.41) is 20.4. The Bertz CT molecular complexity index is 704. The van der Waals surface area contributed by atoms with E-state index in [2.05, 4.69) is 4.99 Å². The van der Waals surface area contributed by atoms with Gasteiger partial charge in [0.2, 0.25) is 0 Å². The maximum Gasteiger partial charge on any atom is 0.270 e. The zero-order valence-electron chi connectivity index (χ0n) is 11.4. The van der Waals surface area contributed by atoms with Gasteiger partial charge >= 0.3 is 0 Å². The summed E-state index contributed by atoms with van der Waals surface area (Å²) in [7, 11) is 0. The fraction of sp³-hybridized carbons (Fsp3) is 0.0625. The van der Waals surface area contributed by atoms with E-state index in [0.29, 0.717) is 11.3 Å². The van der Waals surface area contributed by atoms with Gasteiger partial charge in [0.1, 0.15) is 5.75 Å². The Morgan fingerprint density at radius 3 is 2.52 bits per heavy atom. The van der Waals surface area contributed by atoms with Gasteiger partial charge in [0, 0.05) is 23.9 Å². The number of aromatic hydroxyl groups is 1. The standard InChI is InChI=1S/C16H14N2O3/c1-2-3-12-4-6-14(7-5-12)17-11-13-10-15(18(20)21)8-9-16(13)19/h2-11,19H,1H3/b3-2+,17-11?. The summed E-state index contributed by atoms with van der Waals surface area (Å²) in [6.45, 7) is 1.94. The number of rotatable bonds is 4. The first-order valence-corrected chi connectivity index (χ1v) is 6.34. The molecule has 0 spiro atoms. The lowest BCUT2D eigenvalue weighted by Crippen LogP contribution is -1.90. The third kappa shape index (κ3) is 3.76. The second-order valence-corrected chi connectivity index (χ2v) is 4.35. The maximum atomic E-state index is 10.7. The van der Waals surface area contributed by atoms with Crippen LogP contribution in [0.3, 0.4) is 0 Å². The normalized spacial score (nSPS) is 11.3. The van der Waals surface area contributed by atoms with Gasteiger partial charge in [0.05, 0.1) is 10.6 Å². The predicted molar refractivity (Wildman–Crippen MR) is 83.2 cm³/mol. The Kier molecular flexibility index (Phi) is 4.46. The molecule has 0 fully saturated rings. The molecule has 2 aromatic carbocycles. The van der Waals surface area contributed by atoms with E-state index in [0.717, 1.165) is 5.56 Å². The average Bonchev–Trinajstić information content (AvgIpc) is 2.48. The van der Waals surface area contributed by atoms with Crippen molar-refractivity contribution in [3.63, 3.8) is 0 Å². The highest BCUT2D eigenvalue weighted by Gasteiger charge is 2.08. The smallest absolute Gasteiger partial charge is 0.270 e. The highest BCUT2D eigenvalue weighted by atomic mass is 16.6. The van der Waals surface area contributed by atoms with Crippen molar-refractivity contribution < 1.29 is 10.0 Å². The van der Waals surface area contributed by atoms with Crippen LogP contribution in [0, 0.1) is 10.1 Å². The van der Waals surface area contributed by atoms with E-state index in [1.165, 1.54) is 24.4 Å². The second kappa shape index (κ2) is 6.47. The van der Waals surface area contributed by atoms with E-state index in [-0.39, 0.29) is 11.4 Å². The van der Waals surface area contributed by atoms with Crippen molar-refractivity contribution in [1.29, 1.82) is 0 Å². The molecule has 0 amide bonds. The van der Waals surface area contributed by atoms with Crippen LogP contribution in [0.5, 0.6) is 5.75 Å². The fourth-order valence-electron chi connectivity index (χ4n) is 1.77. The highest BCUT2D eigenvalue weighted by Crippen LogP contribution is 2.22. The molecule has 0 aliphatic carbocycles. The number of hydrogen-bond acceptors (Lipinski definition) is 4. The summed E-state index contributed by atoms with van der Waals surface area (Å²) in [4.78, 5) is 14.4. The van der Waals surface area contributed by atoms with Crippen molar-refractivity contribution in [3.05, 3.63) is 69.8 Å². The van der Waals surface area contributed by atoms with Gasteiger partial charge in [-0.25, -0.2) is 0 Å². The number of nitrogens with zero attached hydrogens (tertiary/aromatic N) is 2. The minimum absolute atomic E-state index is 0.0464. The molecule has 0 aromatic heterocycles. The van der Waals surface area contributed by atoms with Gasteiger partial charge in [-0.1, -0.05) is 24.3 Å². The zero-order valence-corrected chi connectivity index (χ0v) is 11.4. The van der Waals surface area contributed by atoms with E-state index in [1.807, 2.05) is 43.3 Å². The number of nitro benzene ring substituents is 1. The van der Waals surface area contributed by atoms with Crippen LogP contribution < -0.4 is 0 Å². The van der Waals surface area contributed by atoms with Gasteiger partial charge in [-0.2, -0.15) is 0 Å². The van der Waals surface area contributed by atoms with E-state index in [1.54, 1.807) is 0 Å². The molecular formula is C16H14N2O3. The van der Waals surface area contributed by atoms with Gasteiger partial charge in [-0.15, -0.1) is 0 Å². The van der Waals surface area contributed by atoms with Gasteiger partial charge in [-0.05, 0) is 30.7 Å². The number of hydrogen-bond donors (Lipinski definition) is 1. The molecule has 5 nitrogen and oxygen atoms in total. The Labute approximate surface area is 122 Å². The molecule has 0 bridgehead atoms. The molecule has 0 aliphatic rings. The van der Waals surface area contributed by atoms with Crippen LogP contribution in [0.15, 0.2) is 53.5 Å². The molecule has 0 heterocycles. The van der Waals surface area contributed by atoms with Crippen LogP contribution in [0.25, 0.3) is 6.08 Å². The Balaban J connectivity index is 2.24. The number of phenols is 1. The van der Waals surface area contributed by atoms with Crippen LogP contribution in [0.1, 0.15) is 18.1 Å². The first-order valence-electron chi connectivity index (χ1n) is 6.34. The molecule has 0 atom stereocenters. The topological polar surface area (TPSA) is 75.7 Å². The number of aliphatic imine (C=N–C) groups is 1. The van der Waals surface area contributed by atoms with Crippen molar-refractivity contribution >= 4 is 23.7 Å². The molecule has 0 saturated carbocycles. The van der Waals surface area contributed by atoms with E-state index in [4.69, 9.17) is 0 Å². The molecule has 0 saturated heterocycles. The summed E-state index contributed by atoms with van der Waals surface area (Å²) in [5.74, 6) is -0.0464. The van der Waals surface area contributed by atoms with Crippen molar-refractivity contribution in [2.45, 2.75) is 6.92 Å². The minimum Gasteiger partial charge on any atom is -0.507 e. The minimum atomic E-state index is -0.511. The zero-order chi connectivity index (χ0) is 15.2. The van der Waals surface area contributed by atoms with E-state index < -0.39 is 4.92 Å². The SMILES string of the molecule is C/C=C/c1ccc(N=Cc2cc([N+](=O)[O-])ccc2O)cc1. The van der Waals surface area contributed by atoms with Gasteiger partial charge in [0.25, 0.3) is 5.69 Å². The van der Waals surface area contributed by atoms with Crippen LogP contribution in [-0.4, -0.2) is 16.2 Å². The largest absolute Gasteiger partial charge is 0.507 e. The van der Waals surface area contributed by atoms with Crippen molar-refractivity contribution in [2.24, 2.45) is 4.99 Å². The fourth-order valence-corrected chi connectivity index (χ4v) is 1.77. The number of phenolic OH excluding ortho intramolecular Hbond substituents is 1. The molecule has 106 valence electrons. The lowest BCUT2D eigenvalue weighted by molar-refractivity contribution is -0.384. The molecular weight excluding hydrogens is 268 g/mol. The highest BCUT2D eigenvalue weighted by molar-refractivity contribution is 5.86. The van der Waals surface area contributed by atoms with Gasteiger partial charge in [-0.3, -0.25) is 15.1 Å². The van der Waals surface area contributed by atoms with Crippen molar-refractivity contribution in [1.82, 2.24) is 0 Å². The molecule has 5 heteroatoms. The molecule has 0 unspecified atom stereocenters. The summed E-state index contributed by atoms with van der Waals surface area (Å²) < 4.78 is 0. The van der Waals surface area contributed by atoms with Crippen molar-refractivity contribution in [3.8, 4) is 5.75 Å². The maximum absolute atomic E-state index is 10.7. The molecule has 0 aliphatic heterocycles. The number of benzene rings is 2. The molecule has 1 N–H and O–H groups in total. The first kappa shape index (κ1) is 14.5. The Morgan fingerprint density at radius 1 is 1.19 bits per heavy atom. The summed E-state index contributed by atoms with van der Waals surface area (Å²) in [5.41, 5.74) is 1.99. The van der Waals surface area contributed by atoms with E-state index >= 15 is 0 Å². The first-order chi connectivity index (χ1) is 10.1. The summed E-state index contributed by atoms with van der Waals surface area (Å²) in [6, 6.07) is 11.3. The van der Waals surface area contributed by atoms with E-state index in [9.17, 15) is 15.2 Å². The van der Waals surface area contributed by atoms with Crippen LogP contribution in [0.4, 0.5) is 11.4 Å². The summed E-state index contributed by atoms with van der Waals surface area (Å²) in [6.07, 6.45) is 5.33. The molecule has 21 heavy (non-hydrogen) atoms.